The lowest BCUT2D eigenvalue weighted by atomic mass is 10.0. The molecular formula is C23H28N3O4S-. The molecule has 0 radical (unpaired) electrons. The SMILES string of the molecule is O=C(CCCCCCN(CCc1ccc(-c2ccc3cc[nH]c3c2)cc1)S(=O)[O-])NO. The minimum absolute atomic E-state index is 0.280. The van der Waals surface area contributed by atoms with Crippen molar-refractivity contribution in [2.75, 3.05) is 13.1 Å². The van der Waals surface area contributed by atoms with E-state index in [0.29, 0.717) is 25.9 Å². The van der Waals surface area contributed by atoms with Gasteiger partial charge in [-0.05, 0) is 53.5 Å². The molecule has 0 aliphatic rings. The van der Waals surface area contributed by atoms with Crippen LogP contribution in [0.3, 0.4) is 0 Å². The van der Waals surface area contributed by atoms with Crippen LogP contribution in [0.1, 0.15) is 37.7 Å². The van der Waals surface area contributed by atoms with Crippen molar-refractivity contribution in [1.82, 2.24) is 14.8 Å². The van der Waals surface area contributed by atoms with Gasteiger partial charge in [-0.2, -0.15) is 0 Å². The molecule has 3 rings (SSSR count). The van der Waals surface area contributed by atoms with E-state index in [9.17, 15) is 13.6 Å². The lowest BCUT2D eigenvalue weighted by Crippen LogP contribution is -2.29. The highest BCUT2D eigenvalue weighted by molar-refractivity contribution is 7.76. The summed E-state index contributed by atoms with van der Waals surface area (Å²) in [6.07, 6.45) is 5.95. The number of benzene rings is 2. The second-order valence-corrected chi connectivity index (χ2v) is 8.52. The fraction of sp³-hybridized carbons (Fsp3) is 0.348. The fourth-order valence-corrected chi connectivity index (χ4v) is 4.11. The number of carbonyl (C=O) groups is 1. The van der Waals surface area contributed by atoms with E-state index in [1.807, 2.05) is 24.4 Å². The number of aromatic nitrogens is 1. The Kier molecular flexibility index (Phi) is 8.78. The monoisotopic (exact) mass is 442 g/mol. The Bertz CT molecular complexity index is 1000. The molecule has 0 saturated heterocycles. The number of H-pyrrole nitrogens is 1. The maximum absolute atomic E-state index is 11.5. The number of nitrogens with one attached hydrogen (secondary N) is 2. The molecule has 1 unspecified atom stereocenters. The van der Waals surface area contributed by atoms with E-state index in [2.05, 4.69) is 35.3 Å². The van der Waals surface area contributed by atoms with Crippen LogP contribution in [0.25, 0.3) is 22.0 Å². The number of fused-ring (bicyclic) bond motifs is 1. The van der Waals surface area contributed by atoms with Crippen molar-refractivity contribution in [3.8, 4) is 11.1 Å². The Morgan fingerprint density at radius 1 is 1.00 bits per heavy atom. The van der Waals surface area contributed by atoms with E-state index in [4.69, 9.17) is 5.21 Å². The number of unbranched alkanes of at least 4 members (excludes halogenated alkanes) is 3. The molecule has 7 nitrogen and oxygen atoms in total. The summed E-state index contributed by atoms with van der Waals surface area (Å²) in [5.41, 5.74) is 6.07. The highest BCUT2D eigenvalue weighted by atomic mass is 32.2. The molecule has 0 saturated carbocycles. The molecular weight excluding hydrogens is 414 g/mol. The van der Waals surface area contributed by atoms with Crippen LogP contribution < -0.4 is 5.48 Å². The van der Waals surface area contributed by atoms with Crippen molar-refractivity contribution < 1.29 is 18.8 Å². The molecule has 3 aromatic rings. The zero-order valence-corrected chi connectivity index (χ0v) is 18.2. The third kappa shape index (κ3) is 7.00. The number of aromatic amines is 1. The van der Waals surface area contributed by atoms with Crippen LogP contribution in [0.5, 0.6) is 0 Å². The van der Waals surface area contributed by atoms with E-state index in [1.165, 1.54) is 9.69 Å². The number of hydrogen-bond donors (Lipinski definition) is 3. The van der Waals surface area contributed by atoms with Crippen molar-refractivity contribution in [3.05, 3.63) is 60.3 Å². The summed E-state index contributed by atoms with van der Waals surface area (Å²) in [5.74, 6) is -0.391. The zero-order valence-electron chi connectivity index (χ0n) is 17.4. The van der Waals surface area contributed by atoms with Gasteiger partial charge in [-0.15, -0.1) is 0 Å². The predicted octanol–water partition coefficient (Wildman–Crippen LogP) is 3.93. The number of hydroxylamine groups is 1. The Morgan fingerprint density at radius 2 is 1.74 bits per heavy atom. The highest BCUT2D eigenvalue weighted by Gasteiger charge is 2.07. The summed E-state index contributed by atoms with van der Waals surface area (Å²) in [6, 6.07) is 16.6. The molecule has 1 aromatic heterocycles. The lowest BCUT2D eigenvalue weighted by Gasteiger charge is -2.24. The van der Waals surface area contributed by atoms with Gasteiger partial charge in [0, 0.05) is 42.5 Å². The molecule has 0 bridgehead atoms. The van der Waals surface area contributed by atoms with Gasteiger partial charge in [-0.1, -0.05) is 49.2 Å². The van der Waals surface area contributed by atoms with Crippen LogP contribution >= 0.6 is 0 Å². The van der Waals surface area contributed by atoms with Crippen molar-refractivity contribution in [1.29, 1.82) is 0 Å². The molecule has 0 aliphatic carbocycles. The molecule has 1 amide bonds. The van der Waals surface area contributed by atoms with Crippen molar-refractivity contribution >= 4 is 28.1 Å². The number of nitrogens with zero attached hydrogens (tertiary/aromatic N) is 1. The standard InChI is InChI=1S/C23H29N3O4S/c27-23(25-28)5-3-1-2-4-15-26(31(29)30)16-13-18-6-8-19(9-7-18)21-11-10-20-12-14-24-22(20)17-21/h6-12,14,17,24,28H,1-5,13,15-16H2,(H,25,27)(H,29,30)/p-1. The van der Waals surface area contributed by atoms with Crippen LogP contribution in [0.4, 0.5) is 0 Å². The van der Waals surface area contributed by atoms with Crippen LogP contribution in [0, 0.1) is 0 Å². The second-order valence-electron chi connectivity index (χ2n) is 7.57. The van der Waals surface area contributed by atoms with Crippen LogP contribution in [-0.4, -0.2) is 42.3 Å². The molecule has 0 fully saturated rings. The lowest BCUT2D eigenvalue weighted by molar-refractivity contribution is -0.129. The first kappa shape index (κ1) is 23.1. The first-order valence-corrected chi connectivity index (χ1v) is 11.5. The first-order chi connectivity index (χ1) is 15.1. The van der Waals surface area contributed by atoms with Gasteiger partial charge < -0.3 is 9.54 Å². The largest absolute Gasteiger partial charge is 0.760 e. The van der Waals surface area contributed by atoms with Gasteiger partial charge in [-0.25, -0.2) is 9.79 Å². The van der Waals surface area contributed by atoms with Crippen molar-refractivity contribution in [2.45, 2.75) is 38.5 Å². The quantitative estimate of drug-likeness (QED) is 0.171. The predicted molar refractivity (Wildman–Crippen MR) is 121 cm³/mol. The van der Waals surface area contributed by atoms with Crippen LogP contribution in [0.15, 0.2) is 54.7 Å². The summed E-state index contributed by atoms with van der Waals surface area (Å²) >= 11 is -2.25. The van der Waals surface area contributed by atoms with E-state index >= 15 is 0 Å². The van der Waals surface area contributed by atoms with E-state index in [0.717, 1.165) is 41.5 Å². The molecule has 1 atom stereocenters. The maximum atomic E-state index is 11.5. The normalized spacial score (nSPS) is 12.4. The second kappa shape index (κ2) is 11.8. The van der Waals surface area contributed by atoms with Crippen molar-refractivity contribution in [2.24, 2.45) is 0 Å². The fourth-order valence-electron chi connectivity index (χ4n) is 3.59. The number of rotatable bonds is 12. The average Bonchev–Trinajstić information content (AvgIpc) is 3.26. The number of amides is 1. The Balaban J connectivity index is 1.45. The summed E-state index contributed by atoms with van der Waals surface area (Å²) < 4.78 is 24.5. The zero-order chi connectivity index (χ0) is 22.1. The number of carbonyl (C=O) groups excluding carboxylic acids is 1. The summed E-state index contributed by atoms with van der Waals surface area (Å²) in [6.45, 7) is 0.910. The Hall–Kier alpha value is -2.52. The van der Waals surface area contributed by atoms with Crippen molar-refractivity contribution in [3.63, 3.8) is 0 Å². The molecule has 2 aromatic carbocycles. The van der Waals surface area contributed by atoms with Gasteiger partial charge >= 0.3 is 0 Å². The minimum atomic E-state index is -2.25. The number of hydrogen-bond acceptors (Lipinski definition) is 4. The van der Waals surface area contributed by atoms with E-state index in [-0.39, 0.29) is 6.42 Å². The van der Waals surface area contributed by atoms with Gasteiger partial charge in [0.25, 0.3) is 0 Å². The summed E-state index contributed by atoms with van der Waals surface area (Å²) in [5, 5.41) is 9.63. The molecule has 31 heavy (non-hydrogen) atoms. The molecule has 1 heterocycles. The Labute approximate surface area is 184 Å². The first-order valence-electron chi connectivity index (χ1n) is 10.5. The topological polar surface area (TPSA) is 108 Å². The van der Waals surface area contributed by atoms with Gasteiger partial charge in [0.1, 0.15) is 0 Å². The average molecular weight is 443 g/mol. The van der Waals surface area contributed by atoms with Gasteiger partial charge in [0.2, 0.25) is 5.91 Å². The summed E-state index contributed by atoms with van der Waals surface area (Å²) in [4.78, 5) is 14.2. The maximum Gasteiger partial charge on any atom is 0.243 e. The van der Waals surface area contributed by atoms with Gasteiger partial charge in [0.05, 0.1) is 0 Å². The van der Waals surface area contributed by atoms with Gasteiger partial charge in [-0.3, -0.25) is 14.2 Å². The van der Waals surface area contributed by atoms with E-state index < -0.39 is 17.2 Å². The summed E-state index contributed by atoms with van der Waals surface area (Å²) in [7, 11) is 0. The smallest absolute Gasteiger partial charge is 0.243 e. The third-order valence-electron chi connectivity index (χ3n) is 5.39. The molecule has 8 heteroatoms. The molecule has 0 aliphatic heterocycles. The molecule has 0 spiro atoms. The van der Waals surface area contributed by atoms with Crippen LogP contribution in [0.2, 0.25) is 0 Å². The van der Waals surface area contributed by atoms with Crippen LogP contribution in [-0.2, 0) is 22.5 Å². The molecule has 3 N–H and O–H groups in total. The minimum Gasteiger partial charge on any atom is -0.760 e. The molecule has 166 valence electrons. The highest BCUT2D eigenvalue weighted by Crippen LogP contribution is 2.24. The van der Waals surface area contributed by atoms with E-state index in [1.54, 1.807) is 5.48 Å². The third-order valence-corrected chi connectivity index (χ3v) is 6.18. The van der Waals surface area contributed by atoms with Gasteiger partial charge in [0.15, 0.2) is 0 Å². The Morgan fingerprint density at radius 3 is 2.48 bits per heavy atom.